The van der Waals surface area contributed by atoms with E-state index < -0.39 is 36.3 Å². The number of rotatable bonds is 6. The van der Waals surface area contributed by atoms with Crippen LogP contribution in [0.5, 0.6) is 5.88 Å². The summed E-state index contributed by atoms with van der Waals surface area (Å²) in [5, 5.41) is 4.14. The summed E-state index contributed by atoms with van der Waals surface area (Å²) in [6, 6.07) is 2.83. The third-order valence-corrected chi connectivity index (χ3v) is 5.45. The van der Waals surface area contributed by atoms with Crippen LogP contribution < -0.4 is 4.74 Å². The molecule has 2 aromatic rings. The standard InChI is InChI=1S/C19H19F5N4O2/c20-14(21)6-12-7-17(29)27(8-12)9-13-18(19(22,23)24)25-15-4-5-16(26-28(13)15)30-10-11-2-1-3-11/h4-6,11-12H,1-3,7-10H2. The van der Waals surface area contributed by atoms with E-state index >= 15 is 0 Å². The number of carbonyl (C=O) groups excluding carboxylic acids is 1. The first-order valence-electron chi connectivity index (χ1n) is 9.60. The molecule has 3 heterocycles. The second kappa shape index (κ2) is 7.84. The molecule has 1 atom stereocenters. The van der Waals surface area contributed by atoms with E-state index in [9.17, 15) is 26.7 Å². The Morgan fingerprint density at radius 3 is 2.67 bits per heavy atom. The normalized spacial score (nSPS) is 20.0. The molecule has 1 saturated carbocycles. The van der Waals surface area contributed by atoms with Crippen LogP contribution in [-0.4, -0.2) is 38.6 Å². The van der Waals surface area contributed by atoms with Crippen LogP contribution in [0.4, 0.5) is 22.0 Å². The summed E-state index contributed by atoms with van der Waals surface area (Å²) in [4.78, 5) is 16.9. The Bertz CT molecular complexity index is 979. The third-order valence-electron chi connectivity index (χ3n) is 5.45. The second-order valence-electron chi connectivity index (χ2n) is 7.65. The molecule has 2 fully saturated rings. The van der Waals surface area contributed by atoms with Gasteiger partial charge in [0.1, 0.15) is 0 Å². The molecule has 0 N–H and O–H groups in total. The maximum atomic E-state index is 13.6. The molecule has 1 amide bonds. The highest BCUT2D eigenvalue weighted by Crippen LogP contribution is 2.34. The molecule has 2 aliphatic rings. The molecule has 11 heteroatoms. The molecule has 0 radical (unpaired) electrons. The van der Waals surface area contributed by atoms with Crippen LogP contribution in [-0.2, 0) is 17.5 Å². The summed E-state index contributed by atoms with van der Waals surface area (Å²) < 4.78 is 72.3. The van der Waals surface area contributed by atoms with E-state index in [1.807, 2.05) is 0 Å². The summed E-state index contributed by atoms with van der Waals surface area (Å²) in [5.41, 5.74) is -1.52. The number of imidazole rings is 1. The maximum absolute atomic E-state index is 13.6. The van der Waals surface area contributed by atoms with E-state index in [0.29, 0.717) is 18.6 Å². The Balaban J connectivity index is 1.63. The molecule has 0 spiro atoms. The van der Waals surface area contributed by atoms with Crippen molar-refractivity contribution in [2.75, 3.05) is 13.2 Å². The smallest absolute Gasteiger partial charge is 0.435 e. The molecule has 1 aliphatic carbocycles. The van der Waals surface area contributed by atoms with Gasteiger partial charge < -0.3 is 9.64 Å². The second-order valence-corrected chi connectivity index (χ2v) is 7.65. The maximum Gasteiger partial charge on any atom is 0.435 e. The van der Waals surface area contributed by atoms with Crippen molar-refractivity contribution in [1.82, 2.24) is 19.5 Å². The van der Waals surface area contributed by atoms with Crippen LogP contribution >= 0.6 is 0 Å². The molecule has 1 unspecified atom stereocenters. The number of nitrogens with zero attached hydrogens (tertiary/aromatic N) is 4. The fraction of sp³-hybridized carbons (Fsp3) is 0.526. The van der Waals surface area contributed by atoms with Crippen LogP contribution in [0.1, 0.15) is 37.1 Å². The Hall–Kier alpha value is -2.72. The number of hydrogen-bond donors (Lipinski definition) is 0. The SMILES string of the molecule is O=C1CC(C=C(F)F)CN1Cc1c(C(F)(F)F)nc2ccc(OCC3CCC3)nn12. The molecule has 0 aromatic carbocycles. The molecule has 2 aromatic heterocycles. The van der Waals surface area contributed by atoms with Crippen LogP contribution in [0.25, 0.3) is 5.65 Å². The average Bonchev–Trinajstić information content (AvgIpc) is 3.13. The first-order chi connectivity index (χ1) is 14.2. The van der Waals surface area contributed by atoms with Crippen molar-refractivity contribution in [3.8, 4) is 5.88 Å². The highest BCUT2D eigenvalue weighted by Gasteiger charge is 2.40. The molecule has 162 valence electrons. The van der Waals surface area contributed by atoms with Gasteiger partial charge in [-0.15, -0.1) is 5.10 Å². The number of carbonyl (C=O) groups is 1. The quantitative estimate of drug-likeness (QED) is 0.649. The lowest BCUT2D eigenvalue weighted by molar-refractivity contribution is -0.142. The molecule has 1 saturated heterocycles. The Morgan fingerprint density at radius 1 is 1.27 bits per heavy atom. The van der Waals surface area contributed by atoms with Gasteiger partial charge in [0.25, 0.3) is 6.08 Å². The van der Waals surface area contributed by atoms with Gasteiger partial charge in [0, 0.05) is 24.9 Å². The zero-order valence-corrected chi connectivity index (χ0v) is 15.8. The van der Waals surface area contributed by atoms with Crippen LogP contribution in [0.3, 0.4) is 0 Å². The first-order valence-corrected chi connectivity index (χ1v) is 9.60. The molecule has 4 rings (SSSR count). The Kier molecular flexibility index (Phi) is 5.37. The van der Waals surface area contributed by atoms with E-state index in [1.165, 1.54) is 12.1 Å². The van der Waals surface area contributed by atoms with Gasteiger partial charge in [-0.25, -0.2) is 9.50 Å². The third kappa shape index (κ3) is 4.24. The minimum absolute atomic E-state index is 0.0359. The van der Waals surface area contributed by atoms with Crippen LogP contribution in [0, 0.1) is 11.8 Å². The molecular formula is C19H19F5N4O2. The van der Waals surface area contributed by atoms with E-state index in [2.05, 4.69) is 10.1 Å². The summed E-state index contributed by atoms with van der Waals surface area (Å²) in [7, 11) is 0. The zero-order valence-electron chi connectivity index (χ0n) is 15.8. The average molecular weight is 430 g/mol. The molecule has 0 bridgehead atoms. The Labute approximate surface area is 168 Å². The Morgan fingerprint density at radius 2 is 2.03 bits per heavy atom. The number of aromatic nitrogens is 3. The van der Waals surface area contributed by atoms with Crippen molar-refractivity contribution >= 4 is 11.6 Å². The van der Waals surface area contributed by atoms with Gasteiger partial charge in [-0.3, -0.25) is 4.79 Å². The van der Waals surface area contributed by atoms with Crippen LogP contribution in [0.15, 0.2) is 24.3 Å². The number of likely N-dealkylation sites (tertiary alicyclic amines) is 1. The minimum atomic E-state index is -4.76. The summed E-state index contributed by atoms with van der Waals surface area (Å²) in [5.74, 6) is -0.670. The van der Waals surface area contributed by atoms with Gasteiger partial charge in [-0.05, 0) is 30.9 Å². The molecular weight excluding hydrogens is 411 g/mol. The fourth-order valence-electron chi connectivity index (χ4n) is 3.70. The summed E-state index contributed by atoms with van der Waals surface area (Å²) in [6.07, 6.45) is -2.99. The number of halogens is 5. The van der Waals surface area contributed by atoms with Gasteiger partial charge >= 0.3 is 6.18 Å². The van der Waals surface area contributed by atoms with E-state index in [1.54, 1.807) is 0 Å². The summed E-state index contributed by atoms with van der Waals surface area (Å²) in [6.45, 7) is -0.104. The van der Waals surface area contributed by atoms with Crippen molar-refractivity contribution in [1.29, 1.82) is 0 Å². The highest BCUT2D eigenvalue weighted by molar-refractivity contribution is 5.79. The molecule has 30 heavy (non-hydrogen) atoms. The first kappa shape index (κ1) is 20.5. The lowest BCUT2D eigenvalue weighted by atomic mass is 9.86. The number of fused-ring (bicyclic) bond motifs is 1. The number of alkyl halides is 3. The minimum Gasteiger partial charge on any atom is -0.476 e. The van der Waals surface area contributed by atoms with Crippen molar-refractivity contribution < 1.29 is 31.5 Å². The van der Waals surface area contributed by atoms with Gasteiger partial charge in [0.2, 0.25) is 11.8 Å². The van der Waals surface area contributed by atoms with Crippen molar-refractivity contribution in [2.24, 2.45) is 11.8 Å². The summed E-state index contributed by atoms with van der Waals surface area (Å²) >= 11 is 0. The van der Waals surface area contributed by atoms with Crippen molar-refractivity contribution in [3.63, 3.8) is 0 Å². The van der Waals surface area contributed by atoms with Crippen LogP contribution in [0.2, 0.25) is 0 Å². The lowest BCUT2D eigenvalue weighted by Gasteiger charge is -2.24. The van der Waals surface area contributed by atoms with E-state index in [4.69, 9.17) is 4.74 Å². The monoisotopic (exact) mass is 430 g/mol. The number of ether oxygens (including phenoxy) is 1. The van der Waals surface area contributed by atoms with E-state index in [0.717, 1.165) is 28.7 Å². The zero-order chi connectivity index (χ0) is 21.5. The van der Waals surface area contributed by atoms with E-state index in [-0.39, 0.29) is 30.2 Å². The van der Waals surface area contributed by atoms with Gasteiger partial charge in [-0.2, -0.15) is 22.0 Å². The van der Waals surface area contributed by atoms with Gasteiger partial charge in [0.05, 0.1) is 18.8 Å². The number of amides is 1. The lowest BCUT2D eigenvalue weighted by Crippen LogP contribution is -2.27. The predicted molar refractivity (Wildman–Crippen MR) is 94.6 cm³/mol. The topological polar surface area (TPSA) is 59.7 Å². The molecule has 1 aliphatic heterocycles. The highest BCUT2D eigenvalue weighted by atomic mass is 19.4. The largest absolute Gasteiger partial charge is 0.476 e. The number of hydrogen-bond acceptors (Lipinski definition) is 4. The van der Waals surface area contributed by atoms with Crippen molar-refractivity contribution in [2.45, 2.75) is 38.4 Å². The fourth-order valence-corrected chi connectivity index (χ4v) is 3.70. The van der Waals surface area contributed by atoms with Crippen molar-refractivity contribution in [3.05, 3.63) is 35.7 Å². The predicted octanol–water partition coefficient (Wildman–Crippen LogP) is 4.06. The van der Waals surface area contributed by atoms with Gasteiger partial charge in [0.15, 0.2) is 11.3 Å². The molecule has 6 nitrogen and oxygen atoms in total. The van der Waals surface area contributed by atoms with Gasteiger partial charge in [-0.1, -0.05) is 6.42 Å².